The van der Waals surface area contributed by atoms with Crippen LogP contribution in [-0.2, 0) is 9.59 Å². The summed E-state index contributed by atoms with van der Waals surface area (Å²) < 4.78 is 27.3. The molecule has 0 spiro atoms. The van der Waals surface area contributed by atoms with E-state index in [1.165, 1.54) is 6.07 Å². The van der Waals surface area contributed by atoms with Crippen molar-refractivity contribution in [1.29, 1.82) is 0 Å². The van der Waals surface area contributed by atoms with E-state index in [1.54, 1.807) is 0 Å². The van der Waals surface area contributed by atoms with Gasteiger partial charge in [0.25, 0.3) is 0 Å². The molecule has 1 saturated carbocycles. The third-order valence-electron chi connectivity index (χ3n) is 4.93. The Hall–Kier alpha value is -2.80. The summed E-state index contributed by atoms with van der Waals surface area (Å²) in [5.41, 5.74) is 2.37. The van der Waals surface area contributed by atoms with Gasteiger partial charge in [-0.25, -0.2) is 8.78 Å². The predicted octanol–water partition coefficient (Wildman–Crippen LogP) is 4.01. The van der Waals surface area contributed by atoms with Crippen molar-refractivity contribution in [3.05, 3.63) is 59.2 Å². The number of hydrogen-bond acceptors (Lipinski definition) is 3. The second kappa shape index (κ2) is 9.13. The predicted molar refractivity (Wildman–Crippen MR) is 109 cm³/mol. The van der Waals surface area contributed by atoms with Crippen LogP contribution in [0.1, 0.15) is 30.4 Å². The standard InChI is InChI=1S/C22H25F2N3O2/c1-14-6-7-15(2)19(12-14)25-21(29)13-27(16-8-9-16)11-10-20(28)26-22-17(23)4-3-5-18(22)24/h3-7,12,16H,8-11,13H2,1-2H3,(H,25,29)(H,26,28). The number of nitrogens with one attached hydrogen (secondary N) is 2. The lowest BCUT2D eigenvalue weighted by Gasteiger charge is -2.21. The Balaban J connectivity index is 1.54. The van der Waals surface area contributed by atoms with Crippen molar-refractivity contribution in [1.82, 2.24) is 4.90 Å². The van der Waals surface area contributed by atoms with E-state index in [9.17, 15) is 18.4 Å². The smallest absolute Gasteiger partial charge is 0.238 e. The molecule has 2 amide bonds. The average Bonchev–Trinajstić information content (AvgIpc) is 3.50. The number of aryl methyl sites for hydroxylation is 2. The maximum absolute atomic E-state index is 13.7. The number of rotatable bonds is 8. The Bertz CT molecular complexity index is 893. The summed E-state index contributed by atoms with van der Waals surface area (Å²) in [5, 5.41) is 5.21. The molecule has 1 aliphatic carbocycles. The highest BCUT2D eigenvalue weighted by Crippen LogP contribution is 2.27. The molecular formula is C22H25F2N3O2. The van der Waals surface area contributed by atoms with Crippen molar-refractivity contribution >= 4 is 23.2 Å². The van der Waals surface area contributed by atoms with Crippen molar-refractivity contribution in [3.63, 3.8) is 0 Å². The number of carbonyl (C=O) groups is 2. The second-order valence-corrected chi connectivity index (χ2v) is 7.46. The summed E-state index contributed by atoms with van der Waals surface area (Å²) in [6.45, 7) is 4.40. The van der Waals surface area contributed by atoms with Gasteiger partial charge >= 0.3 is 0 Å². The van der Waals surface area contributed by atoms with Gasteiger partial charge in [-0.05, 0) is 56.0 Å². The summed E-state index contributed by atoms with van der Waals surface area (Å²) in [5.74, 6) is -2.27. The molecule has 2 N–H and O–H groups in total. The van der Waals surface area contributed by atoms with Crippen LogP contribution in [0.5, 0.6) is 0 Å². The van der Waals surface area contributed by atoms with E-state index >= 15 is 0 Å². The quantitative estimate of drug-likeness (QED) is 0.703. The van der Waals surface area contributed by atoms with Gasteiger partial charge in [-0.2, -0.15) is 0 Å². The Morgan fingerprint density at radius 1 is 1.03 bits per heavy atom. The number of nitrogens with zero attached hydrogens (tertiary/aromatic N) is 1. The third-order valence-corrected chi connectivity index (χ3v) is 4.93. The van der Waals surface area contributed by atoms with Crippen LogP contribution in [0.2, 0.25) is 0 Å². The summed E-state index contributed by atoms with van der Waals surface area (Å²) in [4.78, 5) is 26.6. The summed E-state index contributed by atoms with van der Waals surface area (Å²) >= 11 is 0. The number of carbonyl (C=O) groups excluding carboxylic acids is 2. The molecule has 2 aromatic rings. The highest BCUT2D eigenvalue weighted by molar-refractivity contribution is 5.93. The molecule has 2 aromatic carbocycles. The molecular weight excluding hydrogens is 376 g/mol. The number of para-hydroxylation sites is 1. The van der Waals surface area contributed by atoms with E-state index in [-0.39, 0.29) is 24.9 Å². The summed E-state index contributed by atoms with van der Waals surface area (Å²) in [7, 11) is 0. The van der Waals surface area contributed by atoms with E-state index in [0.717, 1.165) is 41.8 Å². The largest absolute Gasteiger partial charge is 0.325 e. The first-order valence-corrected chi connectivity index (χ1v) is 9.68. The maximum Gasteiger partial charge on any atom is 0.238 e. The maximum atomic E-state index is 13.7. The van der Waals surface area contributed by atoms with Gasteiger partial charge in [0.2, 0.25) is 11.8 Å². The SMILES string of the molecule is Cc1ccc(C)c(NC(=O)CN(CCC(=O)Nc2c(F)cccc2F)C2CC2)c1. The van der Waals surface area contributed by atoms with Crippen molar-refractivity contribution in [3.8, 4) is 0 Å². The first kappa shape index (κ1) is 20.9. The fraction of sp³-hybridized carbons (Fsp3) is 0.364. The van der Waals surface area contributed by atoms with E-state index in [2.05, 4.69) is 10.6 Å². The zero-order valence-corrected chi connectivity index (χ0v) is 16.6. The van der Waals surface area contributed by atoms with E-state index in [0.29, 0.717) is 6.54 Å². The van der Waals surface area contributed by atoms with Gasteiger partial charge < -0.3 is 10.6 Å². The van der Waals surface area contributed by atoms with Gasteiger partial charge in [-0.15, -0.1) is 0 Å². The zero-order chi connectivity index (χ0) is 21.0. The lowest BCUT2D eigenvalue weighted by Crippen LogP contribution is -2.37. The lowest BCUT2D eigenvalue weighted by molar-refractivity contribution is -0.119. The molecule has 0 unspecified atom stereocenters. The molecule has 3 rings (SSSR count). The molecule has 1 fully saturated rings. The lowest BCUT2D eigenvalue weighted by atomic mass is 10.1. The van der Waals surface area contributed by atoms with Gasteiger partial charge in [-0.3, -0.25) is 14.5 Å². The molecule has 5 nitrogen and oxygen atoms in total. The monoisotopic (exact) mass is 401 g/mol. The topological polar surface area (TPSA) is 61.4 Å². The minimum atomic E-state index is -0.815. The Labute approximate surface area is 169 Å². The van der Waals surface area contributed by atoms with Gasteiger partial charge in [0.1, 0.15) is 17.3 Å². The van der Waals surface area contributed by atoms with Gasteiger partial charge in [-0.1, -0.05) is 18.2 Å². The summed E-state index contributed by atoms with van der Waals surface area (Å²) in [6, 6.07) is 9.54. The van der Waals surface area contributed by atoms with Crippen LogP contribution >= 0.6 is 0 Å². The number of anilines is 2. The van der Waals surface area contributed by atoms with E-state index in [1.807, 2.05) is 36.9 Å². The minimum absolute atomic E-state index is 0.0427. The van der Waals surface area contributed by atoms with Crippen molar-refractivity contribution in [2.75, 3.05) is 23.7 Å². The average molecular weight is 401 g/mol. The van der Waals surface area contributed by atoms with Crippen LogP contribution in [0, 0.1) is 25.5 Å². The molecule has 154 valence electrons. The fourth-order valence-corrected chi connectivity index (χ4v) is 3.14. The van der Waals surface area contributed by atoms with Crippen LogP contribution in [0.25, 0.3) is 0 Å². The number of benzene rings is 2. The fourth-order valence-electron chi connectivity index (χ4n) is 3.14. The zero-order valence-electron chi connectivity index (χ0n) is 16.6. The van der Waals surface area contributed by atoms with Crippen LogP contribution in [0.4, 0.5) is 20.2 Å². The highest BCUT2D eigenvalue weighted by atomic mass is 19.1. The first-order valence-electron chi connectivity index (χ1n) is 9.68. The van der Waals surface area contributed by atoms with Crippen LogP contribution in [0.15, 0.2) is 36.4 Å². The van der Waals surface area contributed by atoms with Gasteiger partial charge in [0.15, 0.2) is 0 Å². The third kappa shape index (κ3) is 5.84. The van der Waals surface area contributed by atoms with Crippen molar-refractivity contribution in [2.45, 2.75) is 39.2 Å². The molecule has 0 heterocycles. The molecule has 0 radical (unpaired) electrons. The normalized spacial score (nSPS) is 13.4. The van der Waals surface area contributed by atoms with E-state index in [4.69, 9.17) is 0 Å². The number of hydrogen-bond donors (Lipinski definition) is 2. The van der Waals surface area contributed by atoms with Crippen LogP contribution < -0.4 is 10.6 Å². The van der Waals surface area contributed by atoms with Gasteiger partial charge in [0, 0.05) is 24.7 Å². The van der Waals surface area contributed by atoms with E-state index < -0.39 is 23.2 Å². The van der Waals surface area contributed by atoms with Crippen LogP contribution in [0.3, 0.4) is 0 Å². The van der Waals surface area contributed by atoms with Gasteiger partial charge in [0.05, 0.1) is 6.54 Å². The second-order valence-electron chi connectivity index (χ2n) is 7.46. The highest BCUT2D eigenvalue weighted by Gasteiger charge is 2.30. The Morgan fingerprint density at radius 2 is 1.72 bits per heavy atom. The molecule has 0 bridgehead atoms. The molecule has 0 aliphatic heterocycles. The summed E-state index contributed by atoms with van der Waals surface area (Å²) in [6.07, 6.45) is 1.99. The minimum Gasteiger partial charge on any atom is -0.325 e. The molecule has 29 heavy (non-hydrogen) atoms. The first-order chi connectivity index (χ1) is 13.8. The number of amides is 2. The Kier molecular flexibility index (Phi) is 6.59. The number of halogens is 2. The van der Waals surface area contributed by atoms with Crippen LogP contribution in [-0.4, -0.2) is 35.8 Å². The molecule has 0 aromatic heterocycles. The Morgan fingerprint density at radius 3 is 2.38 bits per heavy atom. The van der Waals surface area contributed by atoms with Crippen molar-refractivity contribution in [2.24, 2.45) is 0 Å². The molecule has 0 atom stereocenters. The molecule has 7 heteroatoms. The van der Waals surface area contributed by atoms with Crippen molar-refractivity contribution < 1.29 is 18.4 Å². The molecule has 0 saturated heterocycles. The molecule has 1 aliphatic rings.